The van der Waals surface area contributed by atoms with Gasteiger partial charge in [0, 0.05) is 32.0 Å². The highest BCUT2D eigenvalue weighted by molar-refractivity contribution is 8.00. The molecule has 0 saturated heterocycles. The Morgan fingerprint density at radius 3 is 2.15 bits per heavy atom. The molecule has 0 saturated carbocycles. The quantitative estimate of drug-likeness (QED) is 0.120. The number of fused-ring (bicyclic) bond motifs is 3. The number of nitrogens with zero attached hydrogens (tertiary/aromatic N) is 1. The molecule has 6 aromatic rings. The summed E-state index contributed by atoms with van der Waals surface area (Å²) in [6, 6.07) is 23.3. The van der Waals surface area contributed by atoms with Crippen molar-refractivity contribution in [2.24, 2.45) is 4.99 Å². The normalized spacial score (nSPS) is 14.5. The number of rotatable bonds is 7. The molecule has 14 nitrogen and oxygen atoms in total. The number of hydrogen-bond acceptors (Lipinski definition) is 11. The number of pyridine rings is 1. The maximum Gasteiger partial charge on any atom is 0.295 e. The van der Waals surface area contributed by atoms with Crippen LogP contribution < -0.4 is 15.6 Å². The number of aryl methyl sites for hydroxylation is 1. The Balaban J connectivity index is 1.47. The van der Waals surface area contributed by atoms with E-state index in [1.54, 1.807) is 43.3 Å². The molecule has 2 aliphatic rings. The first-order valence-corrected chi connectivity index (χ1v) is 20.9. The number of aromatic nitrogens is 1. The predicted molar refractivity (Wildman–Crippen MR) is 201 cm³/mol. The molecule has 0 spiro atoms. The summed E-state index contributed by atoms with van der Waals surface area (Å²) in [6.07, 6.45) is 0. The van der Waals surface area contributed by atoms with Gasteiger partial charge in [-0.1, -0.05) is 54.2 Å². The lowest BCUT2D eigenvalue weighted by Crippen LogP contribution is -2.38. The van der Waals surface area contributed by atoms with Gasteiger partial charge in [0.1, 0.15) is 9.79 Å². The van der Waals surface area contributed by atoms with Crippen molar-refractivity contribution < 1.29 is 39.2 Å². The summed E-state index contributed by atoms with van der Waals surface area (Å²) in [5, 5.41) is 3.29. The van der Waals surface area contributed by atoms with E-state index in [2.05, 4.69) is 20.0 Å². The highest BCUT2D eigenvalue weighted by Gasteiger charge is 2.36. The molecule has 272 valence electrons. The molecule has 5 N–H and O–H groups in total. The molecule has 1 aliphatic heterocycles. The molecule has 2 heterocycles. The van der Waals surface area contributed by atoms with Crippen LogP contribution in [0.3, 0.4) is 0 Å². The first-order chi connectivity index (χ1) is 25.5. The number of para-hydroxylation sites is 1. The molecule has 18 heteroatoms. The molecule has 0 radical (unpaired) electrons. The van der Waals surface area contributed by atoms with E-state index >= 15 is 0 Å². The number of carbonyl (C=O) groups excluding carboxylic acids is 1. The molecular formula is C36H24N4O10S4. The van der Waals surface area contributed by atoms with E-state index in [-0.39, 0.29) is 75.6 Å². The number of amidine groups is 1. The van der Waals surface area contributed by atoms with E-state index in [0.29, 0.717) is 11.1 Å². The van der Waals surface area contributed by atoms with Gasteiger partial charge in [0.15, 0.2) is 11.6 Å². The van der Waals surface area contributed by atoms with E-state index < -0.39 is 46.5 Å². The summed E-state index contributed by atoms with van der Waals surface area (Å²) in [5.41, 5.74) is 0.822. The van der Waals surface area contributed by atoms with Gasteiger partial charge in [-0.15, -0.1) is 0 Å². The Kier molecular flexibility index (Phi) is 8.18. The highest BCUT2D eigenvalue weighted by Crippen LogP contribution is 2.48. The lowest BCUT2D eigenvalue weighted by Gasteiger charge is -2.27. The smallest absolute Gasteiger partial charge is 0.295 e. The van der Waals surface area contributed by atoms with Crippen molar-refractivity contribution in [3.63, 3.8) is 0 Å². The van der Waals surface area contributed by atoms with Gasteiger partial charge in [-0.3, -0.25) is 23.4 Å². The number of ketones is 1. The number of sulfonamides is 1. The average Bonchev–Trinajstić information content (AvgIpc) is 3.11. The second-order valence-corrected chi connectivity index (χ2v) is 17.9. The molecule has 54 heavy (non-hydrogen) atoms. The fourth-order valence-electron chi connectivity index (χ4n) is 6.49. The molecule has 1 aromatic heterocycles. The Labute approximate surface area is 311 Å². The third-order valence-electron chi connectivity index (χ3n) is 8.81. The standard InChI is InChI=1S/C36H24N4O10S4/c1-18-10-15-25(28(16-18)54(48,49)50)51-26-17-24(37-19-11-13-20(14-12-19)53(45,46)47)30-31-29(21-6-2-3-7-22(21)34(30)41)32(36(42)39-33(26)31)35-38-23-8-4-5-9-27(23)52(43,44)40-35/h2-17,37H,1H3,(H,38,40)(H,39,42)(H,45,46,47)(H,48,49,50). The topological polar surface area (TPSA) is 229 Å². The van der Waals surface area contributed by atoms with Crippen molar-refractivity contribution in [2.75, 3.05) is 5.32 Å². The summed E-state index contributed by atoms with van der Waals surface area (Å²) < 4.78 is 97.5. The summed E-state index contributed by atoms with van der Waals surface area (Å²) in [5.74, 6) is -0.789. The van der Waals surface area contributed by atoms with Crippen LogP contribution in [0.15, 0.2) is 131 Å². The second-order valence-electron chi connectivity index (χ2n) is 12.3. The maximum absolute atomic E-state index is 14.5. The summed E-state index contributed by atoms with van der Waals surface area (Å²) in [4.78, 5) is 35.6. The largest absolute Gasteiger partial charge is 0.355 e. The number of carbonyl (C=O) groups is 1. The van der Waals surface area contributed by atoms with Crippen molar-refractivity contribution in [2.45, 2.75) is 31.4 Å². The zero-order valence-electron chi connectivity index (χ0n) is 27.5. The number of aliphatic imine (C=N–C) groups is 1. The van der Waals surface area contributed by atoms with Crippen LogP contribution in [-0.4, -0.2) is 51.0 Å². The van der Waals surface area contributed by atoms with Crippen LogP contribution in [0.2, 0.25) is 0 Å². The third kappa shape index (κ3) is 5.98. The summed E-state index contributed by atoms with van der Waals surface area (Å²) >= 11 is 0.870. The van der Waals surface area contributed by atoms with Crippen molar-refractivity contribution in [3.05, 3.63) is 130 Å². The zero-order chi connectivity index (χ0) is 38.3. The van der Waals surface area contributed by atoms with E-state index in [1.807, 2.05) is 0 Å². The summed E-state index contributed by atoms with van der Waals surface area (Å²) in [6.45, 7) is 1.64. The van der Waals surface area contributed by atoms with Gasteiger partial charge in [0.2, 0.25) is 0 Å². The Bertz CT molecular complexity index is 3090. The molecule has 8 rings (SSSR count). The van der Waals surface area contributed by atoms with Crippen LogP contribution >= 0.6 is 11.8 Å². The Morgan fingerprint density at radius 2 is 1.44 bits per heavy atom. The number of H-pyrrole nitrogens is 1. The molecule has 5 aromatic carbocycles. The van der Waals surface area contributed by atoms with Gasteiger partial charge in [-0.05, 0) is 72.6 Å². The van der Waals surface area contributed by atoms with E-state index in [0.717, 1.165) is 23.9 Å². The fraction of sp³-hybridized carbons (Fsp3) is 0.0278. The number of nitrogens with one attached hydrogen (secondary N) is 3. The molecule has 0 fully saturated rings. The van der Waals surface area contributed by atoms with Gasteiger partial charge in [-0.25, -0.2) is 13.4 Å². The lowest BCUT2D eigenvalue weighted by molar-refractivity contribution is 0.104. The van der Waals surface area contributed by atoms with E-state index in [4.69, 9.17) is 0 Å². The highest BCUT2D eigenvalue weighted by atomic mass is 32.2. The molecule has 0 unspecified atom stereocenters. The second kappa shape index (κ2) is 12.5. The monoisotopic (exact) mass is 800 g/mol. The molecular weight excluding hydrogens is 777 g/mol. The minimum atomic E-state index is -4.74. The lowest BCUT2D eigenvalue weighted by atomic mass is 9.81. The van der Waals surface area contributed by atoms with Gasteiger partial charge >= 0.3 is 0 Å². The van der Waals surface area contributed by atoms with Crippen LogP contribution in [0.25, 0.3) is 22.0 Å². The number of hydrogen-bond donors (Lipinski definition) is 5. The van der Waals surface area contributed by atoms with Crippen LogP contribution in [0.4, 0.5) is 17.1 Å². The molecule has 0 amide bonds. The van der Waals surface area contributed by atoms with Crippen LogP contribution in [0.1, 0.15) is 27.0 Å². The minimum Gasteiger partial charge on any atom is -0.355 e. The van der Waals surface area contributed by atoms with Crippen molar-refractivity contribution >= 4 is 81.6 Å². The van der Waals surface area contributed by atoms with E-state index in [9.17, 15) is 43.9 Å². The van der Waals surface area contributed by atoms with Crippen molar-refractivity contribution in [3.8, 4) is 11.1 Å². The number of benzene rings is 5. The SMILES string of the molecule is Cc1ccc(Sc2cc(Nc3ccc(S(=O)(=O)O)cc3)c3c4c(c(C5=Nc6ccccc6S(=O)(=O)N5)c(=O)[nH]c24)-c2ccccc2C3=O)c(S(=O)(=O)O)c1. The van der Waals surface area contributed by atoms with Crippen molar-refractivity contribution in [1.82, 2.24) is 9.71 Å². The van der Waals surface area contributed by atoms with Crippen LogP contribution in [0, 0.1) is 6.92 Å². The minimum absolute atomic E-state index is 0.0398. The van der Waals surface area contributed by atoms with Gasteiger partial charge in [-0.2, -0.15) is 16.8 Å². The van der Waals surface area contributed by atoms with Crippen LogP contribution in [0.5, 0.6) is 0 Å². The average molecular weight is 801 g/mol. The molecule has 0 atom stereocenters. The fourth-order valence-corrected chi connectivity index (χ4v) is 10.2. The number of aromatic amines is 1. The zero-order valence-corrected chi connectivity index (χ0v) is 30.7. The predicted octanol–water partition coefficient (Wildman–Crippen LogP) is 5.81. The Morgan fingerprint density at radius 1 is 0.759 bits per heavy atom. The maximum atomic E-state index is 14.5. The van der Waals surface area contributed by atoms with E-state index in [1.165, 1.54) is 48.5 Å². The van der Waals surface area contributed by atoms with Gasteiger partial charge in [0.25, 0.3) is 35.8 Å². The summed E-state index contributed by atoms with van der Waals surface area (Å²) in [7, 11) is -13.5. The van der Waals surface area contributed by atoms with Crippen LogP contribution in [-0.2, 0) is 30.3 Å². The third-order valence-corrected chi connectivity index (χ3v) is 13.2. The van der Waals surface area contributed by atoms with Gasteiger partial charge < -0.3 is 10.3 Å². The van der Waals surface area contributed by atoms with Crippen molar-refractivity contribution in [1.29, 1.82) is 0 Å². The first-order valence-electron chi connectivity index (χ1n) is 15.7. The number of anilines is 2. The molecule has 0 bridgehead atoms. The Hall–Kier alpha value is -5.63. The first kappa shape index (κ1) is 35.4. The van der Waals surface area contributed by atoms with Gasteiger partial charge in [0.05, 0.1) is 32.9 Å². The molecule has 1 aliphatic carbocycles.